The van der Waals surface area contributed by atoms with Crippen molar-refractivity contribution >= 4 is 0 Å². The maximum Gasteiger partial charge on any atom is 0.0608 e. The molecule has 1 aliphatic rings. The van der Waals surface area contributed by atoms with E-state index in [0.29, 0.717) is 0 Å². The van der Waals surface area contributed by atoms with Gasteiger partial charge < -0.3 is 10.1 Å². The van der Waals surface area contributed by atoms with E-state index in [4.69, 9.17) is 4.74 Å². The number of rotatable bonds is 3. The molecule has 0 aromatic carbocycles. The smallest absolute Gasteiger partial charge is 0.0608 e. The van der Waals surface area contributed by atoms with Gasteiger partial charge in [-0.3, -0.25) is 0 Å². The van der Waals surface area contributed by atoms with Crippen LogP contribution in [0.3, 0.4) is 0 Å². The second kappa shape index (κ2) is 4.62. The Morgan fingerprint density at radius 2 is 2.10 bits per heavy atom. The summed E-state index contributed by atoms with van der Waals surface area (Å²) in [6.07, 6.45) is 0. The van der Waals surface area contributed by atoms with Crippen LogP contribution < -0.4 is 10.7 Å². The van der Waals surface area contributed by atoms with Crippen molar-refractivity contribution in [3.05, 3.63) is 0 Å². The Labute approximate surface area is 61.5 Å². The molecule has 60 valence electrons. The summed E-state index contributed by atoms with van der Waals surface area (Å²) in [5, 5.41) is 5.19. The number of hydrazine groups is 1. The zero-order valence-corrected chi connectivity index (χ0v) is 6.39. The predicted octanol–water partition coefficient (Wildman–Crippen LogP) is -1.000. The third kappa shape index (κ3) is 2.62. The van der Waals surface area contributed by atoms with Gasteiger partial charge in [0.05, 0.1) is 19.9 Å². The van der Waals surface area contributed by atoms with Crippen molar-refractivity contribution < 1.29 is 4.74 Å². The highest BCUT2D eigenvalue weighted by atomic mass is 16.5. The molecule has 1 fully saturated rings. The highest BCUT2D eigenvalue weighted by Crippen LogP contribution is 1.90. The lowest BCUT2D eigenvalue weighted by molar-refractivity contribution is 0.0111. The van der Waals surface area contributed by atoms with E-state index >= 15 is 0 Å². The average molecular weight is 145 g/mol. The fourth-order valence-electron chi connectivity index (χ4n) is 0.912. The van der Waals surface area contributed by atoms with Gasteiger partial charge in [-0.2, -0.15) is 0 Å². The predicted molar refractivity (Wildman–Crippen MR) is 39.5 cm³/mol. The van der Waals surface area contributed by atoms with Crippen LogP contribution in [0.1, 0.15) is 0 Å². The number of ether oxygens (including phenoxy) is 1. The van der Waals surface area contributed by atoms with E-state index in [9.17, 15) is 0 Å². The average Bonchev–Trinajstić information content (AvgIpc) is 2.03. The summed E-state index contributed by atoms with van der Waals surface area (Å²) in [4.78, 5) is 0. The highest BCUT2D eigenvalue weighted by molar-refractivity contribution is 4.55. The van der Waals surface area contributed by atoms with Crippen LogP contribution in [0.25, 0.3) is 0 Å². The Morgan fingerprint density at radius 1 is 1.40 bits per heavy atom. The number of nitrogens with one attached hydrogen (secondary N) is 2. The Morgan fingerprint density at radius 3 is 2.70 bits per heavy atom. The molecule has 1 heterocycles. The van der Waals surface area contributed by atoms with Gasteiger partial charge in [0.25, 0.3) is 0 Å². The second-order valence-electron chi connectivity index (χ2n) is 2.29. The van der Waals surface area contributed by atoms with Gasteiger partial charge in [-0.05, 0) is 7.05 Å². The molecular weight excluding hydrogens is 130 g/mol. The van der Waals surface area contributed by atoms with Gasteiger partial charge in [0.15, 0.2) is 0 Å². The Kier molecular flexibility index (Phi) is 3.67. The van der Waals surface area contributed by atoms with Gasteiger partial charge in [-0.15, -0.1) is 0 Å². The molecule has 0 aliphatic carbocycles. The van der Waals surface area contributed by atoms with Gasteiger partial charge in [0.1, 0.15) is 0 Å². The molecule has 10 heavy (non-hydrogen) atoms. The first-order valence-corrected chi connectivity index (χ1v) is 3.64. The van der Waals surface area contributed by atoms with E-state index in [1.165, 1.54) is 0 Å². The molecule has 1 saturated heterocycles. The summed E-state index contributed by atoms with van der Waals surface area (Å²) in [5.74, 6) is 0. The van der Waals surface area contributed by atoms with Crippen LogP contribution in [0.4, 0.5) is 0 Å². The van der Waals surface area contributed by atoms with Crippen molar-refractivity contribution in [3.8, 4) is 0 Å². The fraction of sp³-hybridized carbons (Fsp3) is 1.00. The molecule has 4 heteroatoms. The SMILES string of the molecule is CNCNN1CCOCC1. The molecule has 0 bridgehead atoms. The third-order valence-electron chi connectivity index (χ3n) is 1.49. The van der Waals surface area contributed by atoms with Crippen LogP contribution >= 0.6 is 0 Å². The molecule has 2 N–H and O–H groups in total. The number of morpholine rings is 1. The topological polar surface area (TPSA) is 36.5 Å². The standard InChI is InChI=1S/C6H15N3O/c1-7-6-8-9-2-4-10-5-3-9/h7-8H,2-6H2,1H3. The monoisotopic (exact) mass is 145 g/mol. The Hall–Kier alpha value is -0.160. The van der Waals surface area contributed by atoms with Crippen molar-refractivity contribution in [1.29, 1.82) is 0 Å². The molecule has 0 unspecified atom stereocenters. The first kappa shape index (κ1) is 7.94. The Bertz CT molecular complexity index is 83.1. The first-order chi connectivity index (χ1) is 4.93. The molecule has 0 atom stereocenters. The first-order valence-electron chi connectivity index (χ1n) is 3.64. The zero-order valence-electron chi connectivity index (χ0n) is 6.39. The normalized spacial score (nSPS) is 21.3. The zero-order chi connectivity index (χ0) is 7.23. The fourth-order valence-corrected chi connectivity index (χ4v) is 0.912. The molecule has 0 spiro atoms. The lowest BCUT2D eigenvalue weighted by atomic mass is 10.5. The molecule has 0 amide bonds. The van der Waals surface area contributed by atoms with Crippen molar-refractivity contribution in [2.45, 2.75) is 0 Å². The largest absolute Gasteiger partial charge is 0.379 e. The minimum absolute atomic E-state index is 0.833. The number of hydrogen-bond acceptors (Lipinski definition) is 4. The molecule has 1 rings (SSSR count). The van der Waals surface area contributed by atoms with Crippen LogP contribution in [0.2, 0.25) is 0 Å². The summed E-state index contributed by atoms with van der Waals surface area (Å²) in [6, 6.07) is 0. The number of nitrogens with zero attached hydrogens (tertiary/aromatic N) is 1. The van der Waals surface area contributed by atoms with Crippen LogP contribution in [0, 0.1) is 0 Å². The number of hydrogen-bond donors (Lipinski definition) is 2. The molecular formula is C6H15N3O. The van der Waals surface area contributed by atoms with Crippen molar-refractivity contribution in [2.75, 3.05) is 40.0 Å². The lowest BCUT2D eigenvalue weighted by Gasteiger charge is -2.26. The summed E-state index contributed by atoms with van der Waals surface area (Å²) in [6.45, 7) is 4.50. The van der Waals surface area contributed by atoms with Gasteiger partial charge in [-0.25, -0.2) is 10.4 Å². The molecule has 0 aromatic heterocycles. The van der Waals surface area contributed by atoms with E-state index in [1.54, 1.807) is 0 Å². The van der Waals surface area contributed by atoms with E-state index < -0.39 is 0 Å². The Balaban J connectivity index is 2.02. The van der Waals surface area contributed by atoms with Gasteiger partial charge in [0.2, 0.25) is 0 Å². The van der Waals surface area contributed by atoms with Crippen molar-refractivity contribution in [2.24, 2.45) is 0 Å². The summed E-state index contributed by atoms with van der Waals surface area (Å²) in [7, 11) is 1.92. The maximum absolute atomic E-state index is 5.18. The minimum Gasteiger partial charge on any atom is -0.379 e. The summed E-state index contributed by atoms with van der Waals surface area (Å²) < 4.78 is 5.18. The molecule has 0 saturated carbocycles. The van der Waals surface area contributed by atoms with Crippen LogP contribution in [0.15, 0.2) is 0 Å². The molecule has 0 radical (unpaired) electrons. The lowest BCUT2D eigenvalue weighted by Crippen LogP contribution is -2.48. The van der Waals surface area contributed by atoms with Gasteiger partial charge in [0, 0.05) is 13.1 Å². The van der Waals surface area contributed by atoms with E-state index in [2.05, 4.69) is 15.8 Å². The second-order valence-corrected chi connectivity index (χ2v) is 2.29. The van der Waals surface area contributed by atoms with Crippen LogP contribution in [0.5, 0.6) is 0 Å². The van der Waals surface area contributed by atoms with Gasteiger partial charge >= 0.3 is 0 Å². The van der Waals surface area contributed by atoms with E-state index in [0.717, 1.165) is 33.0 Å². The van der Waals surface area contributed by atoms with E-state index in [1.807, 2.05) is 7.05 Å². The molecule has 4 nitrogen and oxygen atoms in total. The highest BCUT2D eigenvalue weighted by Gasteiger charge is 2.07. The molecule has 0 aromatic rings. The quantitative estimate of drug-likeness (QED) is 0.499. The maximum atomic E-state index is 5.18. The van der Waals surface area contributed by atoms with Gasteiger partial charge in [-0.1, -0.05) is 0 Å². The third-order valence-corrected chi connectivity index (χ3v) is 1.49. The van der Waals surface area contributed by atoms with Crippen molar-refractivity contribution in [3.63, 3.8) is 0 Å². The summed E-state index contributed by atoms with van der Waals surface area (Å²) >= 11 is 0. The van der Waals surface area contributed by atoms with Crippen molar-refractivity contribution in [1.82, 2.24) is 15.8 Å². The van der Waals surface area contributed by atoms with Crippen LogP contribution in [-0.4, -0.2) is 45.0 Å². The van der Waals surface area contributed by atoms with E-state index in [-0.39, 0.29) is 0 Å². The summed E-state index contributed by atoms with van der Waals surface area (Å²) in [5.41, 5.74) is 3.21. The minimum atomic E-state index is 0.833. The van der Waals surface area contributed by atoms with Crippen LogP contribution in [-0.2, 0) is 4.74 Å². The molecule has 1 aliphatic heterocycles.